The van der Waals surface area contributed by atoms with Crippen molar-refractivity contribution in [3.05, 3.63) is 41.8 Å². The second-order valence-corrected chi connectivity index (χ2v) is 6.46. The second kappa shape index (κ2) is 7.22. The second-order valence-electron chi connectivity index (χ2n) is 6.46. The number of amides is 1. The summed E-state index contributed by atoms with van der Waals surface area (Å²) in [6.45, 7) is 2.92. The number of rotatable bonds is 4. The lowest BCUT2D eigenvalue weighted by atomic mass is 10.1. The van der Waals surface area contributed by atoms with Crippen molar-refractivity contribution in [2.24, 2.45) is 0 Å². The molecule has 0 radical (unpaired) electrons. The highest BCUT2D eigenvalue weighted by Crippen LogP contribution is 2.23. The van der Waals surface area contributed by atoms with Gasteiger partial charge in [0.1, 0.15) is 12.2 Å². The quantitative estimate of drug-likeness (QED) is 0.686. The van der Waals surface area contributed by atoms with E-state index in [4.69, 9.17) is 4.52 Å². The molecule has 27 heavy (non-hydrogen) atoms. The van der Waals surface area contributed by atoms with E-state index in [2.05, 4.69) is 25.6 Å². The van der Waals surface area contributed by atoms with Crippen LogP contribution in [0.5, 0.6) is 0 Å². The summed E-state index contributed by atoms with van der Waals surface area (Å²) in [6, 6.07) is 6.05. The standard InChI is InChI=1S/C17H18FN7O2/c1-11-19-15(27-22-11)10-16(26)24-8-6-14(7-9-24)25-21-17(20-23-25)12-2-4-13(18)5-3-12/h2-5,14H,6-10H2,1H3. The minimum absolute atomic E-state index is 0.0318. The number of hydrogen-bond acceptors (Lipinski definition) is 7. The molecule has 140 valence electrons. The van der Waals surface area contributed by atoms with Gasteiger partial charge in [-0.1, -0.05) is 5.16 Å². The molecule has 4 rings (SSSR count). The van der Waals surface area contributed by atoms with Crippen LogP contribution in [0.25, 0.3) is 11.4 Å². The first-order valence-corrected chi connectivity index (χ1v) is 8.71. The van der Waals surface area contributed by atoms with E-state index in [1.54, 1.807) is 28.8 Å². The lowest BCUT2D eigenvalue weighted by Crippen LogP contribution is -2.40. The lowest BCUT2D eigenvalue weighted by Gasteiger charge is -2.30. The van der Waals surface area contributed by atoms with E-state index in [1.807, 2.05) is 0 Å². The predicted molar refractivity (Wildman–Crippen MR) is 90.8 cm³/mol. The molecular weight excluding hydrogens is 353 g/mol. The first kappa shape index (κ1) is 17.3. The van der Waals surface area contributed by atoms with Crippen LogP contribution in [0.15, 0.2) is 28.8 Å². The zero-order valence-corrected chi connectivity index (χ0v) is 14.7. The molecule has 1 aliphatic rings. The van der Waals surface area contributed by atoms with Crippen LogP contribution in [0, 0.1) is 12.7 Å². The summed E-state index contributed by atoms with van der Waals surface area (Å²) in [7, 11) is 0. The molecule has 0 N–H and O–H groups in total. The first-order valence-electron chi connectivity index (χ1n) is 8.71. The fourth-order valence-electron chi connectivity index (χ4n) is 3.09. The molecule has 0 unspecified atom stereocenters. The van der Waals surface area contributed by atoms with E-state index in [-0.39, 0.29) is 24.2 Å². The lowest BCUT2D eigenvalue weighted by molar-refractivity contribution is -0.132. The van der Waals surface area contributed by atoms with Crippen LogP contribution < -0.4 is 0 Å². The molecule has 1 amide bonds. The number of aryl methyl sites for hydroxylation is 1. The average Bonchev–Trinajstić information content (AvgIpc) is 3.32. The Morgan fingerprint density at radius 1 is 1.26 bits per heavy atom. The van der Waals surface area contributed by atoms with Gasteiger partial charge >= 0.3 is 0 Å². The van der Waals surface area contributed by atoms with E-state index in [9.17, 15) is 9.18 Å². The van der Waals surface area contributed by atoms with Crippen molar-refractivity contribution in [2.75, 3.05) is 13.1 Å². The summed E-state index contributed by atoms with van der Waals surface area (Å²) in [5.41, 5.74) is 0.713. The highest BCUT2D eigenvalue weighted by atomic mass is 19.1. The molecule has 1 fully saturated rings. The molecule has 10 heteroatoms. The van der Waals surface area contributed by atoms with Gasteiger partial charge in [-0.2, -0.15) is 9.78 Å². The number of halogens is 1. The number of benzene rings is 1. The van der Waals surface area contributed by atoms with Gasteiger partial charge in [-0.3, -0.25) is 4.79 Å². The highest BCUT2D eigenvalue weighted by molar-refractivity contribution is 5.77. The molecule has 1 saturated heterocycles. The van der Waals surface area contributed by atoms with Crippen LogP contribution in [-0.2, 0) is 11.2 Å². The van der Waals surface area contributed by atoms with Crippen LogP contribution in [-0.4, -0.2) is 54.2 Å². The molecular formula is C17H18FN7O2. The van der Waals surface area contributed by atoms with E-state index in [0.717, 1.165) is 12.8 Å². The van der Waals surface area contributed by atoms with Crippen molar-refractivity contribution in [2.45, 2.75) is 32.2 Å². The maximum atomic E-state index is 13.0. The molecule has 3 aromatic rings. The fraction of sp³-hybridized carbons (Fsp3) is 0.412. The van der Waals surface area contributed by atoms with E-state index < -0.39 is 0 Å². The summed E-state index contributed by atoms with van der Waals surface area (Å²) in [5.74, 6) is 0.974. The summed E-state index contributed by atoms with van der Waals surface area (Å²) < 4.78 is 18.0. The fourth-order valence-corrected chi connectivity index (χ4v) is 3.09. The summed E-state index contributed by atoms with van der Waals surface area (Å²) in [5, 5.41) is 16.3. The molecule has 0 aliphatic carbocycles. The van der Waals surface area contributed by atoms with Gasteiger partial charge in [0.2, 0.25) is 17.6 Å². The van der Waals surface area contributed by atoms with Crippen molar-refractivity contribution in [1.29, 1.82) is 0 Å². The first-order chi connectivity index (χ1) is 13.1. The topological polar surface area (TPSA) is 103 Å². The molecule has 1 aromatic carbocycles. The average molecular weight is 371 g/mol. The van der Waals surface area contributed by atoms with Gasteiger partial charge in [-0.25, -0.2) is 4.39 Å². The summed E-state index contributed by atoms with van der Waals surface area (Å²) in [6.07, 6.45) is 1.57. The van der Waals surface area contributed by atoms with Crippen molar-refractivity contribution < 1.29 is 13.7 Å². The minimum Gasteiger partial charge on any atom is -0.342 e. The molecule has 2 aromatic heterocycles. The Kier molecular flexibility index (Phi) is 4.61. The van der Waals surface area contributed by atoms with Crippen LogP contribution in [0.1, 0.15) is 30.6 Å². The van der Waals surface area contributed by atoms with Gasteiger partial charge in [0.25, 0.3) is 0 Å². The van der Waals surface area contributed by atoms with Crippen molar-refractivity contribution in [1.82, 2.24) is 35.2 Å². The van der Waals surface area contributed by atoms with E-state index in [1.165, 1.54) is 12.1 Å². The van der Waals surface area contributed by atoms with E-state index >= 15 is 0 Å². The van der Waals surface area contributed by atoms with Gasteiger partial charge < -0.3 is 9.42 Å². The number of piperidine rings is 1. The van der Waals surface area contributed by atoms with Gasteiger partial charge in [-0.15, -0.1) is 10.2 Å². The van der Waals surface area contributed by atoms with Crippen molar-refractivity contribution in [3.8, 4) is 11.4 Å². The Morgan fingerprint density at radius 3 is 2.67 bits per heavy atom. The molecule has 0 atom stereocenters. The summed E-state index contributed by atoms with van der Waals surface area (Å²) >= 11 is 0. The van der Waals surface area contributed by atoms with Crippen LogP contribution in [0.4, 0.5) is 4.39 Å². The smallest absolute Gasteiger partial charge is 0.236 e. The Bertz CT molecular complexity index is 929. The zero-order valence-electron chi connectivity index (χ0n) is 14.7. The summed E-state index contributed by atoms with van der Waals surface area (Å²) in [4.78, 5) is 19.8. The maximum absolute atomic E-state index is 13.0. The Labute approximate surface area is 154 Å². The number of hydrogen-bond donors (Lipinski definition) is 0. The third-order valence-electron chi connectivity index (χ3n) is 4.55. The Balaban J connectivity index is 1.35. The van der Waals surface area contributed by atoms with Crippen LogP contribution in [0.2, 0.25) is 0 Å². The normalized spacial score (nSPS) is 15.3. The number of carbonyl (C=O) groups is 1. The van der Waals surface area contributed by atoms with Crippen molar-refractivity contribution >= 4 is 5.91 Å². The van der Waals surface area contributed by atoms with Gasteiger partial charge in [0.05, 0.1) is 6.04 Å². The van der Waals surface area contributed by atoms with Crippen LogP contribution >= 0.6 is 0 Å². The molecule has 3 heterocycles. The molecule has 9 nitrogen and oxygen atoms in total. The van der Waals surface area contributed by atoms with E-state index in [0.29, 0.717) is 36.2 Å². The third kappa shape index (κ3) is 3.83. The zero-order chi connectivity index (χ0) is 18.8. The molecule has 0 saturated carbocycles. The third-order valence-corrected chi connectivity index (χ3v) is 4.55. The highest BCUT2D eigenvalue weighted by Gasteiger charge is 2.26. The molecule has 1 aliphatic heterocycles. The SMILES string of the molecule is Cc1noc(CC(=O)N2CCC(n3nnc(-c4ccc(F)cc4)n3)CC2)n1. The number of likely N-dealkylation sites (tertiary alicyclic amines) is 1. The molecule has 0 bridgehead atoms. The Hall–Kier alpha value is -3.17. The Morgan fingerprint density at radius 2 is 2.00 bits per heavy atom. The maximum Gasteiger partial charge on any atom is 0.236 e. The number of tetrazole rings is 1. The van der Waals surface area contributed by atoms with Gasteiger partial charge in [-0.05, 0) is 49.2 Å². The van der Waals surface area contributed by atoms with Crippen LogP contribution in [0.3, 0.4) is 0 Å². The number of aromatic nitrogens is 6. The van der Waals surface area contributed by atoms with Gasteiger partial charge in [0.15, 0.2) is 5.82 Å². The molecule has 0 spiro atoms. The number of carbonyl (C=O) groups excluding carboxylic acids is 1. The minimum atomic E-state index is -0.307. The largest absolute Gasteiger partial charge is 0.342 e. The number of nitrogens with zero attached hydrogens (tertiary/aromatic N) is 7. The predicted octanol–water partition coefficient (Wildman–Crippen LogP) is 1.58. The van der Waals surface area contributed by atoms with Crippen molar-refractivity contribution in [3.63, 3.8) is 0 Å². The monoisotopic (exact) mass is 371 g/mol. The van der Waals surface area contributed by atoms with Gasteiger partial charge in [0, 0.05) is 18.7 Å².